The van der Waals surface area contributed by atoms with Crippen LogP contribution in [0.5, 0.6) is 0 Å². The van der Waals surface area contributed by atoms with E-state index in [2.05, 4.69) is 47.4 Å². The summed E-state index contributed by atoms with van der Waals surface area (Å²) < 4.78 is 0. The number of nitrogens with zero attached hydrogens (tertiary/aromatic N) is 7. The molecule has 2 fully saturated rings. The van der Waals surface area contributed by atoms with Gasteiger partial charge in [-0.05, 0) is 32.9 Å². The number of hydrogen-bond donors (Lipinski definition) is 2. The maximum absolute atomic E-state index is 4.77. The van der Waals surface area contributed by atoms with E-state index in [1.165, 1.54) is 32.1 Å². The van der Waals surface area contributed by atoms with E-state index in [1.54, 1.807) is 17.5 Å². The standard InChI is InChI=1S/C24H33N9S/c1-17-12-20(30-23(28-17)29-18-6-4-3-5-7-18)21-14-27-24(34-21)31-22-15-25-19(13-26-22)16-33-10-8-32(2)9-11-33/h12-15,18H,3-11,16H2,1-2H3,(H,26,27,31)(H,28,29,30). The molecule has 0 aromatic carbocycles. The average molecular weight is 480 g/mol. The van der Waals surface area contributed by atoms with Crippen molar-refractivity contribution in [2.45, 2.75) is 51.6 Å². The van der Waals surface area contributed by atoms with Crippen molar-refractivity contribution < 1.29 is 0 Å². The Hall–Kier alpha value is -2.69. The van der Waals surface area contributed by atoms with E-state index in [9.17, 15) is 0 Å². The second-order valence-electron chi connectivity index (χ2n) is 9.32. The van der Waals surface area contributed by atoms with E-state index in [1.807, 2.05) is 25.4 Å². The summed E-state index contributed by atoms with van der Waals surface area (Å²) in [6.45, 7) is 7.19. The number of thiazole rings is 1. The predicted octanol–water partition coefficient (Wildman–Crippen LogP) is 3.93. The Morgan fingerprint density at radius 3 is 2.56 bits per heavy atom. The SMILES string of the molecule is Cc1cc(-c2cnc(Nc3cnc(CN4CCN(C)CC4)cn3)s2)nc(NC2CCCCC2)n1. The molecule has 5 rings (SSSR count). The predicted molar refractivity (Wildman–Crippen MR) is 136 cm³/mol. The molecule has 9 nitrogen and oxygen atoms in total. The number of hydrogen-bond acceptors (Lipinski definition) is 10. The fourth-order valence-corrected chi connectivity index (χ4v) is 5.27. The van der Waals surface area contributed by atoms with Gasteiger partial charge in [-0.3, -0.25) is 9.88 Å². The second kappa shape index (κ2) is 10.7. The molecule has 1 aliphatic carbocycles. The van der Waals surface area contributed by atoms with Gasteiger partial charge in [0.1, 0.15) is 0 Å². The van der Waals surface area contributed by atoms with Gasteiger partial charge in [-0.25, -0.2) is 19.9 Å². The maximum atomic E-state index is 4.77. The third-order valence-electron chi connectivity index (χ3n) is 6.47. The van der Waals surface area contributed by atoms with Crippen molar-refractivity contribution in [1.29, 1.82) is 0 Å². The Morgan fingerprint density at radius 1 is 0.971 bits per heavy atom. The first-order valence-electron chi connectivity index (χ1n) is 12.2. The van der Waals surface area contributed by atoms with Gasteiger partial charge in [-0.1, -0.05) is 30.6 Å². The number of piperazine rings is 1. The van der Waals surface area contributed by atoms with E-state index >= 15 is 0 Å². The Labute approximate surface area is 205 Å². The van der Waals surface area contributed by atoms with Crippen molar-refractivity contribution >= 4 is 28.2 Å². The fraction of sp³-hybridized carbons (Fsp3) is 0.542. The van der Waals surface area contributed by atoms with Crippen molar-refractivity contribution in [3.63, 3.8) is 0 Å². The number of aryl methyl sites for hydroxylation is 1. The number of likely N-dealkylation sites (N-methyl/N-ethyl adjacent to an activating group) is 1. The summed E-state index contributed by atoms with van der Waals surface area (Å²) >= 11 is 1.56. The van der Waals surface area contributed by atoms with Gasteiger partial charge >= 0.3 is 0 Å². The van der Waals surface area contributed by atoms with Crippen molar-refractivity contribution in [2.75, 3.05) is 43.9 Å². The van der Waals surface area contributed by atoms with Crippen LogP contribution in [0.15, 0.2) is 24.7 Å². The first-order valence-corrected chi connectivity index (χ1v) is 13.0. The zero-order valence-corrected chi connectivity index (χ0v) is 20.8. The van der Waals surface area contributed by atoms with Gasteiger partial charge in [-0.2, -0.15) is 0 Å². The number of nitrogens with one attached hydrogen (secondary N) is 2. The minimum atomic E-state index is 0.472. The lowest BCUT2D eigenvalue weighted by Gasteiger charge is -2.31. The largest absolute Gasteiger partial charge is 0.351 e. The van der Waals surface area contributed by atoms with Crippen molar-refractivity contribution in [2.24, 2.45) is 0 Å². The Kier molecular flexibility index (Phi) is 7.27. The zero-order valence-electron chi connectivity index (χ0n) is 20.0. The molecule has 0 bridgehead atoms. The van der Waals surface area contributed by atoms with Gasteiger partial charge in [0.2, 0.25) is 5.95 Å². The third kappa shape index (κ3) is 6.05. The second-order valence-corrected chi connectivity index (χ2v) is 10.4. The van der Waals surface area contributed by atoms with Crippen LogP contribution in [-0.4, -0.2) is 74.0 Å². The van der Waals surface area contributed by atoms with Crippen molar-refractivity contribution in [3.05, 3.63) is 36.0 Å². The highest BCUT2D eigenvalue weighted by atomic mass is 32.1. The quantitative estimate of drug-likeness (QED) is 0.522. The number of rotatable bonds is 7. The molecule has 4 heterocycles. The highest BCUT2D eigenvalue weighted by Crippen LogP contribution is 2.30. The summed E-state index contributed by atoms with van der Waals surface area (Å²) in [7, 11) is 2.17. The topological polar surface area (TPSA) is 95.0 Å². The summed E-state index contributed by atoms with van der Waals surface area (Å²) in [5, 5.41) is 7.59. The van der Waals surface area contributed by atoms with Gasteiger partial charge < -0.3 is 15.5 Å². The molecule has 2 N–H and O–H groups in total. The average Bonchev–Trinajstić information content (AvgIpc) is 3.31. The highest BCUT2D eigenvalue weighted by molar-refractivity contribution is 7.18. The Morgan fingerprint density at radius 2 is 1.79 bits per heavy atom. The molecule has 180 valence electrons. The van der Waals surface area contributed by atoms with Gasteiger partial charge in [0, 0.05) is 50.7 Å². The van der Waals surface area contributed by atoms with Crippen LogP contribution in [0.3, 0.4) is 0 Å². The summed E-state index contributed by atoms with van der Waals surface area (Å²) in [5.74, 6) is 1.41. The van der Waals surface area contributed by atoms with Crippen LogP contribution in [0.4, 0.5) is 16.9 Å². The molecule has 0 amide bonds. The molecular weight excluding hydrogens is 446 g/mol. The molecule has 1 saturated heterocycles. The summed E-state index contributed by atoms with van der Waals surface area (Å²) in [6.07, 6.45) is 11.8. The van der Waals surface area contributed by atoms with Gasteiger partial charge in [-0.15, -0.1) is 0 Å². The molecule has 3 aromatic rings. The van der Waals surface area contributed by atoms with Gasteiger partial charge in [0.05, 0.1) is 28.7 Å². The Bertz CT molecular complexity index is 1070. The first-order chi connectivity index (χ1) is 16.6. The Balaban J connectivity index is 1.21. The zero-order chi connectivity index (χ0) is 23.3. The van der Waals surface area contributed by atoms with E-state index in [4.69, 9.17) is 4.98 Å². The molecule has 1 aliphatic heterocycles. The molecule has 10 heteroatoms. The van der Waals surface area contributed by atoms with Crippen LogP contribution in [0.1, 0.15) is 43.5 Å². The highest BCUT2D eigenvalue weighted by Gasteiger charge is 2.17. The van der Waals surface area contributed by atoms with E-state index in [0.717, 1.165) is 59.8 Å². The fourth-order valence-electron chi connectivity index (χ4n) is 4.48. The van der Waals surface area contributed by atoms with Crippen LogP contribution in [-0.2, 0) is 6.54 Å². The summed E-state index contributed by atoms with van der Waals surface area (Å²) in [4.78, 5) is 28.8. The smallest absolute Gasteiger partial charge is 0.223 e. The third-order valence-corrected chi connectivity index (χ3v) is 7.41. The molecule has 0 spiro atoms. The molecule has 34 heavy (non-hydrogen) atoms. The first kappa shape index (κ1) is 23.1. The van der Waals surface area contributed by atoms with Crippen LogP contribution < -0.4 is 10.6 Å². The van der Waals surface area contributed by atoms with Crippen molar-refractivity contribution in [3.8, 4) is 10.6 Å². The molecule has 0 radical (unpaired) electrons. The monoisotopic (exact) mass is 479 g/mol. The van der Waals surface area contributed by atoms with Crippen LogP contribution in [0, 0.1) is 6.92 Å². The molecule has 1 saturated carbocycles. The molecule has 0 unspecified atom stereocenters. The minimum Gasteiger partial charge on any atom is -0.351 e. The lowest BCUT2D eigenvalue weighted by molar-refractivity contribution is 0.147. The normalized spacial score (nSPS) is 18.2. The van der Waals surface area contributed by atoms with E-state index in [-0.39, 0.29) is 0 Å². The maximum Gasteiger partial charge on any atom is 0.223 e. The van der Waals surface area contributed by atoms with Crippen molar-refractivity contribution in [1.82, 2.24) is 34.7 Å². The minimum absolute atomic E-state index is 0.472. The molecule has 3 aromatic heterocycles. The van der Waals surface area contributed by atoms with E-state index < -0.39 is 0 Å². The molecule has 2 aliphatic rings. The summed E-state index contributed by atoms with van der Waals surface area (Å²) in [6, 6.07) is 2.48. The van der Waals surface area contributed by atoms with Gasteiger partial charge in [0.25, 0.3) is 0 Å². The van der Waals surface area contributed by atoms with E-state index in [0.29, 0.717) is 17.8 Å². The molecular formula is C24H33N9S. The molecule has 0 atom stereocenters. The van der Waals surface area contributed by atoms with Gasteiger partial charge in [0.15, 0.2) is 10.9 Å². The summed E-state index contributed by atoms with van der Waals surface area (Å²) in [5.41, 5.74) is 2.84. The number of anilines is 3. The van der Waals surface area contributed by atoms with Crippen LogP contribution >= 0.6 is 11.3 Å². The van der Waals surface area contributed by atoms with Crippen LogP contribution in [0.2, 0.25) is 0 Å². The van der Waals surface area contributed by atoms with Crippen LogP contribution in [0.25, 0.3) is 10.6 Å². The number of aromatic nitrogens is 5. The lowest BCUT2D eigenvalue weighted by Crippen LogP contribution is -2.44. The lowest BCUT2D eigenvalue weighted by atomic mass is 9.96.